The van der Waals surface area contributed by atoms with Crippen LogP contribution in [-0.2, 0) is 11.0 Å². The van der Waals surface area contributed by atoms with Gasteiger partial charge in [0.25, 0.3) is 7.48 Å². The highest BCUT2D eigenvalue weighted by Gasteiger charge is 2.35. The van der Waals surface area contributed by atoms with Gasteiger partial charge in [-0.05, 0) is 45.6 Å². The largest absolute Gasteiger partial charge is 0.464 e. The number of hydrogen-bond donors (Lipinski definition) is 1. The zero-order valence-electron chi connectivity index (χ0n) is 11.9. The Bertz CT molecular complexity index is 552. The number of benzene rings is 1. The van der Waals surface area contributed by atoms with Crippen molar-refractivity contribution in [3.8, 4) is 0 Å². The third kappa shape index (κ3) is 3.02. The lowest BCUT2D eigenvalue weighted by Crippen LogP contribution is -2.48. The van der Waals surface area contributed by atoms with Crippen molar-refractivity contribution in [2.24, 2.45) is 0 Å². The first-order valence-electron chi connectivity index (χ1n) is 6.48. The highest BCUT2D eigenvalue weighted by atomic mass is 16.5. The van der Waals surface area contributed by atoms with E-state index in [2.05, 4.69) is 0 Å². The van der Waals surface area contributed by atoms with E-state index < -0.39 is 11.2 Å². The molecule has 0 unspecified atom stereocenters. The van der Waals surface area contributed by atoms with Gasteiger partial charge in [-0.15, -0.1) is 0 Å². The van der Waals surface area contributed by atoms with Crippen molar-refractivity contribution in [1.29, 1.82) is 0 Å². The second kappa shape index (κ2) is 5.02. The highest BCUT2D eigenvalue weighted by molar-refractivity contribution is 6.27. The standard InChI is InChI=1S/C15H20BO3/c1-14(2,17)15(3,4)19-16-9-11-10-18-13-8-6-5-7-12(11)13/h5-8,10,17H,9H2,1-4H3. The molecule has 0 aliphatic carbocycles. The van der Waals surface area contributed by atoms with Gasteiger partial charge in [0.1, 0.15) is 5.58 Å². The molecule has 0 aliphatic heterocycles. The summed E-state index contributed by atoms with van der Waals surface area (Å²) < 4.78 is 11.2. The maximum Gasteiger partial charge on any atom is 0.298 e. The van der Waals surface area contributed by atoms with Crippen LogP contribution in [-0.4, -0.2) is 23.8 Å². The maximum atomic E-state index is 10.0. The van der Waals surface area contributed by atoms with Crippen LogP contribution in [0.3, 0.4) is 0 Å². The van der Waals surface area contributed by atoms with Crippen LogP contribution in [0.4, 0.5) is 0 Å². The molecule has 101 valence electrons. The Labute approximate surface area is 114 Å². The maximum absolute atomic E-state index is 10.0. The van der Waals surface area contributed by atoms with Gasteiger partial charge in [-0.2, -0.15) is 0 Å². The van der Waals surface area contributed by atoms with E-state index in [0.717, 1.165) is 16.5 Å². The Morgan fingerprint density at radius 1 is 1.21 bits per heavy atom. The molecular formula is C15H20BO3. The van der Waals surface area contributed by atoms with E-state index >= 15 is 0 Å². The fourth-order valence-corrected chi connectivity index (χ4v) is 1.67. The van der Waals surface area contributed by atoms with Crippen LogP contribution in [0.1, 0.15) is 33.3 Å². The van der Waals surface area contributed by atoms with Crippen LogP contribution in [0.25, 0.3) is 11.0 Å². The molecular weight excluding hydrogens is 239 g/mol. The van der Waals surface area contributed by atoms with E-state index in [1.54, 1.807) is 27.6 Å². The SMILES string of the molecule is CC(C)(O)C(C)(C)O[B]Cc1coc2ccccc12. The number of rotatable bonds is 5. The van der Waals surface area contributed by atoms with Crippen molar-refractivity contribution in [1.82, 2.24) is 0 Å². The van der Waals surface area contributed by atoms with Gasteiger partial charge in [-0.1, -0.05) is 18.2 Å². The van der Waals surface area contributed by atoms with Gasteiger partial charge in [0.15, 0.2) is 0 Å². The molecule has 0 amide bonds. The molecule has 2 aromatic rings. The van der Waals surface area contributed by atoms with E-state index in [9.17, 15) is 5.11 Å². The van der Waals surface area contributed by atoms with Crippen molar-refractivity contribution >= 4 is 18.5 Å². The third-order valence-corrected chi connectivity index (χ3v) is 3.72. The van der Waals surface area contributed by atoms with Gasteiger partial charge in [0.05, 0.1) is 17.5 Å². The lowest BCUT2D eigenvalue weighted by molar-refractivity contribution is -0.0904. The molecule has 1 aromatic carbocycles. The zero-order chi connectivity index (χ0) is 14.1. The molecule has 19 heavy (non-hydrogen) atoms. The molecule has 0 bridgehead atoms. The molecule has 0 saturated heterocycles. The summed E-state index contributed by atoms with van der Waals surface area (Å²) in [6.45, 7) is 7.23. The van der Waals surface area contributed by atoms with Gasteiger partial charge < -0.3 is 14.2 Å². The monoisotopic (exact) mass is 259 g/mol. The van der Waals surface area contributed by atoms with E-state index in [1.807, 2.05) is 38.1 Å². The molecule has 3 nitrogen and oxygen atoms in total. The Morgan fingerprint density at radius 3 is 2.58 bits per heavy atom. The van der Waals surface area contributed by atoms with Gasteiger partial charge in [0.2, 0.25) is 0 Å². The zero-order valence-corrected chi connectivity index (χ0v) is 11.9. The molecule has 2 rings (SSSR count). The van der Waals surface area contributed by atoms with Crippen molar-refractivity contribution in [3.63, 3.8) is 0 Å². The molecule has 0 spiro atoms. The summed E-state index contributed by atoms with van der Waals surface area (Å²) in [6, 6.07) is 7.92. The minimum atomic E-state index is -0.901. The smallest absolute Gasteiger partial charge is 0.298 e. The number of hydrogen-bond acceptors (Lipinski definition) is 3. The molecule has 1 radical (unpaired) electrons. The Hall–Kier alpha value is -1.26. The van der Waals surface area contributed by atoms with Crippen LogP contribution in [0, 0.1) is 0 Å². The van der Waals surface area contributed by atoms with Crippen molar-refractivity contribution in [2.75, 3.05) is 0 Å². The van der Waals surface area contributed by atoms with Crippen molar-refractivity contribution in [3.05, 3.63) is 36.1 Å². The fraction of sp³-hybridized carbons (Fsp3) is 0.467. The Balaban J connectivity index is 2.00. The summed E-state index contributed by atoms with van der Waals surface area (Å²) in [5, 5.41) is 11.1. The van der Waals surface area contributed by atoms with Crippen LogP contribution < -0.4 is 0 Å². The molecule has 0 aliphatic rings. The van der Waals surface area contributed by atoms with E-state index in [1.165, 1.54) is 0 Å². The summed E-state index contributed by atoms with van der Waals surface area (Å²) in [4.78, 5) is 0. The molecule has 0 atom stereocenters. The minimum absolute atomic E-state index is 0.632. The van der Waals surface area contributed by atoms with Gasteiger partial charge in [-0.25, -0.2) is 0 Å². The Morgan fingerprint density at radius 2 is 1.89 bits per heavy atom. The van der Waals surface area contributed by atoms with Gasteiger partial charge in [0, 0.05) is 5.39 Å². The summed E-state index contributed by atoms with van der Waals surface area (Å²) in [7, 11) is 1.73. The molecule has 1 N–H and O–H groups in total. The van der Waals surface area contributed by atoms with Crippen LogP contribution in [0.2, 0.25) is 0 Å². The lowest BCUT2D eigenvalue weighted by atomic mass is 9.83. The normalized spacial score (nSPS) is 12.9. The van der Waals surface area contributed by atoms with Crippen LogP contribution in [0.15, 0.2) is 34.9 Å². The second-order valence-electron chi connectivity index (χ2n) is 5.82. The van der Waals surface area contributed by atoms with Gasteiger partial charge >= 0.3 is 0 Å². The highest BCUT2D eigenvalue weighted by Crippen LogP contribution is 2.25. The summed E-state index contributed by atoms with van der Waals surface area (Å²) >= 11 is 0. The first-order valence-corrected chi connectivity index (χ1v) is 6.48. The molecule has 1 aromatic heterocycles. The van der Waals surface area contributed by atoms with Crippen molar-refractivity contribution in [2.45, 2.75) is 45.2 Å². The van der Waals surface area contributed by atoms with E-state index in [0.29, 0.717) is 6.32 Å². The topological polar surface area (TPSA) is 42.6 Å². The Kier molecular flexibility index (Phi) is 3.74. The number of fused-ring (bicyclic) bond motifs is 1. The quantitative estimate of drug-likeness (QED) is 0.839. The first kappa shape index (κ1) is 14.2. The molecule has 0 saturated carbocycles. The van der Waals surface area contributed by atoms with Crippen LogP contribution in [0.5, 0.6) is 0 Å². The van der Waals surface area contributed by atoms with Gasteiger partial charge in [-0.3, -0.25) is 0 Å². The van der Waals surface area contributed by atoms with E-state index in [4.69, 9.17) is 9.07 Å². The molecule has 0 fully saturated rings. The molecule has 4 heteroatoms. The molecule has 1 heterocycles. The first-order chi connectivity index (χ1) is 8.81. The van der Waals surface area contributed by atoms with Crippen molar-refractivity contribution < 1.29 is 14.2 Å². The average Bonchev–Trinajstić information content (AvgIpc) is 2.71. The number of para-hydroxylation sites is 1. The number of furan rings is 1. The third-order valence-electron chi connectivity index (χ3n) is 3.72. The fourth-order valence-electron chi connectivity index (χ4n) is 1.67. The summed E-state index contributed by atoms with van der Waals surface area (Å²) in [6.07, 6.45) is 2.40. The summed E-state index contributed by atoms with van der Waals surface area (Å²) in [5.41, 5.74) is 0.434. The van der Waals surface area contributed by atoms with Crippen LogP contribution >= 0.6 is 0 Å². The predicted molar refractivity (Wildman–Crippen MR) is 77.1 cm³/mol. The average molecular weight is 259 g/mol. The minimum Gasteiger partial charge on any atom is -0.464 e. The predicted octanol–water partition coefficient (Wildman–Crippen LogP) is 3.12. The number of aliphatic hydroxyl groups is 1. The van der Waals surface area contributed by atoms with E-state index in [-0.39, 0.29) is 0 Å². The summed E-state index contributed by atoms with van der Waals surface area (Å²) in [5.74, 6) is 0. The second-order valence-corrected chi connectivity index (χ2v) is 5.82. The lowest BCUT2D eigenvalue weighted by Gasteiger charge is -2.37.